The lowest BCUT2D eigenvalue weighted by Crippen LogP contribution is -2.35. The van der Waals surface area contributed by atoms with Gasteiger partial charge < -0.3 is 10.1 Å². The number of esters is 1. The summed E-state index contributed by atoms with van der Waals surface area (Å²) in [6, 6.07) is 2.84. The SMILES string of the molecule is C[C@H](OC(=O)CCN1C(=O)[C@H]2CC=CC[C@@H]2C1=O)C(=O)Nc1ccc(F)c(F)c1. The summed E-state index contributed by atoms with van der Waals surface area (Å²) in [7, 11) is 0. The molecule has 0 unspecified atom stereocenters. The van der Waals surface area contributed by atoms with Crippen molar-refractivity contribution in [2.45, 2.75) is 32.3 Å². The van der Waals surface area contributed by atoms with Crippen molar-refractivity contribution in [3.8, 4) is 0 Å². The number of imide groups is 1. The number of fused-ring (bicyclic) bond motifs is 1. The van der Waals surface area contributed by atoms with Crippen LogP contribution in [-0.4, -0.2) is 41.2 Å². The summed E-state index contributed by atoms with van der Waals surface area (Å²) in [6.45, 7) is 1.21. The lowest BCUT2D eigenvalue weighted by molar-refractivity contribution is -0.154. The molecule has 0 bridgehead atoms. The molecule has 29 heavy (non-hydrogen) atoms. The number of anilines is 1. The van der Waals surface area contributed by atoms with Crippen molar-refractivity contribution in [2.24, 2.45) is 11.8 Å². The first kappa shape index (κ1) is 20.6. The number of likely N-dealkylation sites (tertiary alicyclic amines) is 1. The summed E-state index contributed by atoms with van der Waals surface area (Å²) in [4.78, 5) is 49.8. The number of hydrogen-bond donors (Lipinski definition) is 1. The molecule has 3 amide bonds. The van der Waals surface area contributed by atoms with Gasteiger partial charge in [-0.1, -0.05) is 12.2 Å². The molecule has 1 aliphatic heterocycles. The van der Waals surface area contributed by atoms with Crippen LogP contribution in [0.3, 0.4) is 0 Å². The van der Waals surface area contributed by atoms with Crippen molar-refractivity contribution in [3.05, 3.63) is 42.0 Å². The van der Waals surface area contributed by atoms with Crippen LogP contribution in [0.2, 0.25) is 0 Å². The molecule has 2 aliphatic rings. The third-order valence-corrected chi connectivity index (χ3v) is 5.00. The summed E-state index contributed by atoms with van der Waals surface area (Å²) in [5.41, 5.74) is 0.0151. The van der Waals surface area contributed by atoms with E-state index in [4.69, 9.17) is 4.74 Å². The minimum Gasteiger partial charge on any atom is -0.452 e. The Labute approximate surface area is 165 Å². The predicted octanol–water partition coefficient (Wildman–Crippen LogP) is 2.18. The molecule has 1 saturated heterocycles. The first-order valence-corrected chi connectivity index (χ1v) is 9.23. The van der Waals surface area contributed by atoms with Gasteiger partial charge in [0.2, 0.25) is 11.8 Å². The highest BCUT2D eigenvalue weighted by atomic mass is 19.2. The Bertz CT molecular complexity index is 860. The minimum atomic E-state index is -1.20. The Balaban J connectivity index is 1.48. The molecule has 0 aromatic heterocycles. The molecule has 3 atom stereocenters. The Kier molecular flexibility index (Phi) is 6.05. The van der Waals surface area contributed by atoms with E-state index in [-0.39, 0.29) is 42.3 Å². The molecule has 1 aromatic rings. The van der Waals surface area contributed by atoms with Gasteiger partial charge in [0, 0.05) is 18.3 Å². The van der Waals surface area contributed by atoms with Crippen molar-refractivity contribution in [2.75, 3.05) is 11.9 Å². The van der Waals surface area contributed by atoms with Crippen LogP contribution in [-0.2, 0) is 23.9 Å². The van der Waals surface area contributed by atoms with Crippen LogP contribution in [0.1, 0.15) is 26.2 Å². The van der Waals surface area contributed by atoms with Crippen molar-refractivity contribution in [1.82, 2.24) is 4.90 Å². The van der Waals surface area contributed by atoms with Crippen LogP contribution in [0.25, 0.3) is 0 Å². The fourth-order valence-corrected chi connectivity index (χ4v) is 3.42. The van der Waals surface area contributed by atoms with Crippen LogP contribution in [0.5, 0.6) is 0 Å². The third kappa shape index (κ3) is 4.49. The lowest BCUT2D eigenvalue weighted by atomic mass is 9.85. The number of carbonyl (C=O) groups excluding carboxylic acids is 4. The van der Waals surface area contributed by atoms with E-state index in [9.17, 15) is 28.0 Å². The number of hydrogen-bond acceptors (Lipinski definition) is 5. The second-order valence-electron chi connectivity index (χ2n) is 6.98. The number of rotatable bonds is 6. The van der Waals surface area contributed by atoms with Crippen molar-refractivity contribution < 1.29 is 32.7 Å². The molecule has 9 heteroatoms. The van der Waals surface area contributed by atoms with E-state index >= 15 is 0 Å². The third-order valence-electron chi connectivity index (χ3n) is 5.00. The highest BCUT2D eigenvalue weighted by Crippen LogP contribution is 2.35. The molecule has 1 fully saturated rings. The summed E-state index contributed by atoms with van der Waals surface area (Å²) in [5.74, 6) is -4.98. The van der Waals surface area contributed by atoms with Gasteiger partial charge in [-0.05, 0) is 31.9 Å². The van der Waals surface area contributed by atoms with Crippen LogP contribution in [0, 0.1) is 23.5 Å². The average Bonchev–Trinajstić information content (AvgIpc) is 2.93. The summed E-state index contributed by atoms with van der Waals surface area (Å²) >= 11 is 0. The first-order valence-electron chi connectivity index (χ1n) is 9.23. The van der Waals surface area contributed by atoms with Gasteiger partial charge in [0.25, 0.3) is 5.91 Å². The zero-order valence-electron chi connectivity index (χ0n) is 15.7. The molecule has 0 radical (unpaired) electrons. The molecule has 3 rings (SSSR count). The Morgan fingerprint density at radius 2 is 1.76 bits per heavy atom. The van der Waals surface area contributed by atoms with Crippen LogP contribution >= 0.6 is 0 Å². The highest BCUT2D eigenvalue weighted by Gasteiger charge is 2.47. The Morgan fingerprint density at radius 1 is 1.14 bits per heavy atom. The molecule has 0 spiro atoms. The number of allylic oxidation sites excluding steroid dienone is 2. The van der Waals surface area contributed by atoms with Gasteiger partial charge in [-0.25, -0.2) is 8.78 Å². The number of halogens is 2. The van der Waals surface area contributed by atoms with Crippen molar-refractivity contribution >= 4 is 29.4 Å². The maximum atomic E-state index is 13.2. The van der Waals surface area contributed by atoms with E-state index < -0.39 is 29.6 Å². The standard InChI is InChI=1S/C20H20F2N2O5/c1-11(18(26)23-12-6-7-15(21)16(22)10-12)29-17(25)8-9-24-19(27)13-4-2-3-5-14(13)20(24)28/h2-3,6-7,10-11,13-14H,4-5,8-9H2,1H3,(H,23,26)/t11-,13-,14-/m0/s1. The van der Waals surface area contributed by atoms with E-state index in [1.54, 1.807) is 0 Å². The number of amides is 3. The topological polar surface area (TPSA) is 92.8 Å². The molecule has 1 N–H and O–H groups in total. The van der Waals surface area contributed by atoms with Crippen LogP contribution < -0.4 is 5.32 Å². The maximum absolute atomic E-state index is 13.2. The summed E-state index contributed by atoms with van der Waals surface area (Å²) < 4.78 is 31.1. The van der Waals surface area contributed by atoms with Gasteiger partial charge in [0.05, 0.1) is 18.3 Å². The number of nitrogens with zero attached hydrogens (tertiary/aromatic N) is 1. The first-order chi connectivity index (χ1) is 13.8. The highest BCUT2D eigenvalue weighted by molar-refractivity contribution is 6.05. The second-order valence-corrected chi connectivity index (χ2v) is 6.98. The Morgan fingerprint density at radius 3 is 2.34 bits per heavy atom. The van der Waals surface area contributed by atoms with Gasteiger partial charge >= 0.3 is 5.97 Å². The van der Waals surface area contributed by atoms with Gasteiger partial charge in [-0.15, -0.1) is 0 Å². The zero-order chi connectivity index (χ0) is 21.1. The monoisotopic (exact) mass is 406 g/mol. The van der Waals surface area contributed by atoms with Gasteiger partial charge in [-0.3, -0.25) is 24.1 Å². The quantitative estimate of drug-likeness (QED) is 0.444. The fourth-order valence-electron chi connectivity index (χ4n) is 3.42. The molecule has 154 valence electrons. The van der Waals surface area contributed by atoms with E-state index in [0.29, 0.717) is 12.8 Å². The molecule has 1 aliphatic carbocycles. The normalized spacial score (nSPS) is 21.7. The van der Waals surface area contributed by atoms with Gasteiger partial charge in [0.15, 0.2) is 17.7 Å². The number of nitrogens with one attached hydrogen (secondary N) is 1. The molecular formula is C20H20F2N2O5. The molecular weight excluding hydrogens is 386 g/mol. The van der Waals surface area contributed by atoms with Crippen LogP contribution in [0.4, 0.5) is 14.5 Å². The number of benzene rings is 1. The number of ether oxygens (including phenoxy) is 1. The second kappa shape index (κ2) is 8.50. The zero-order valence-corrected chi connectivity index (χ0v) is 15.7. The lowest BCUT2D eigenvalue weighted by Gasteiger charge is -2.16. The van der Waals surface area contributed by atoms with E-state index in [1.165, 1.54) is 13.0 Å². The van der Waals surface area contributed by atoms with E-state index in [2.05, 4.69) is 5.32 Å². The molecule has 1 aromatic carbocycles. The number of carbonyl (C=O) groups is 4. The molecule has 7 nitrogen and oxygen atoms in total. The average molecular weight is 406 g/mol. The van der Waals surface area contributed by atoms with Gasteiger partial charge in [-0.2, -0.15) is 0 Å². The smallest absolute Gasteiger partial charge is 0.308 e. The predicted molar refractivity (Wildman–Crippen MR) is 97.2 cm³/mol. The molecule has 1 heterocycles. The minimum absolute atomic E-state index is 0.0151. The fraction of sp³-hybridized carbons (Fsp3) is 0.400. The Hall–Kier alpha value is -3.10. The van der Waals surface area contributed by atoms with Gasteiger partial charge in [0.1, 0.15) is 0 Å². The van der Waals surface area contributed by atoms with E-state index in [0.717, 1.165) is 17.0 Å². The van der Waals surface area contributed by atoms with Crippen LogP contribution in [0.15, 0.2) is 30.4 Å². The van der Waals surface area contributed by atoms with Crippen molar-refractivity contribution in [3.63, 3.8) is 0 Å². The molecule has 0 saturated carbocycles. The van der Waals surface area contributed by atoms with Crippen molar-refractivity contribution in [1.29, 1.82) is 0 Å². The largest absolute Gasteiger partial charge is 0.452 e. The van der Waals surface area contributed by atoms with E-state index in [1.807, 2.05) is 12.2 Å². The summed E-state index contributed by atoms with van der Waals surface area (Å²) in [5, 5.41) is 2.31. The maximum Gasteiger partial charge on any atom is 0.308 e. The summed E-state index contributed by atoms with van der Waals surface area (Å²) in [6.07, 6.45) is 3.32.